The van der Waals surface area contributed by atoms with Crippen LogP contribution in [-0.4, -0.2) is 65.6 Å². The van der Waals surface area contributed by atoms with Gasteiger partial charge in [0, 0.05) is 18.4 Å². The molecule has 0 unspecified atom stereocenters. The molecule has 31 heavy (non-hydrogen) atoms. The van der Waals surface area contributed by atoms with Gasteiger partial charge in [-0.05, 0) is 41.7 Å². The zero-order valence-electron chi connectivity index (χ0n) is 17.7. The van der Waals surface area contributed by atoms with Crippen LogP contribution in [0.25, 0.3) is 11.1 Å². The van der Waals surface area contributed by atoms with Crippen LogP contribution in [0.3, 0.4) is 0 Å². The van der Waals surface area contributed by atoms with E-state index in [4.69, 9.17) is 4.74 Å². The number of methoxy groups -OCH3 is 1. The summed E-state index contributed by atoms with van der Waals surface area (Å²) in [6, 6.07) is 16.0. The molecule has 2 aliphatic heterocycles. The molecule has 0 radical (unpaired) electrons. The molecular weight excluding hydrogens is 392 g/mol. The predicted octanol–water partition coefficient (Wildman–Crippen LogP) is 2.66. The van der Waals surface area contributed by atoms with Gasteiger partial charge in [0.1, 0.15) is 5.75 Å². The van der Waals surface area contributed by atoms with E-state index >= 15 is 0 Å². The van der Waals surface area contributed by atoms with Crippen LogP contribution in [0.1, 0.15) is 30.7 Å². The first-order chi connectivity index (χ1) is 15.1. The van der Waals surface area contributed by atoms with Gasteiger partial charge in [-0.1, -0.05) is 42.8 Å². The minimum Gasteiger partial charge on any atom is -0.497 e. The van der Waals surface area contributed by atoms with Gasteiger partial charge in [-0.2, -0.15) is 0 Å². The molecule has 1 aliphatic carbocycles. The Morgan fingerprint density at radius 2 is 1.90 bits per heavy atom. The van der Waals surface area contributed by atoms with Gasteiger partial charge in [0.15, 0.2) is 0 Å². The van der Waals surface area contributed by atoms with Crippen LogP contribution in [0.5, 0.6) is 5.75 Å². The first kappa shape index (κ1) is 20.1. The topological polar surface area (TPSA) is 70.1 Å². The fraction of sp³-hybridized carbons (Fsp3) is 0.440. The Labute approximate surface area is 182 Å². The number of aliphatic hydroxyl groups is 1. The monoisotopic (exact) mass is 420 g/mol. The van der Waals surface area contributed by atoms with E-state index in [1.54, 1.807) is 16.9 Å². The maximum absolute atomic E-state index is 12.8. The predicted molar refractivity (Wildman–Crippen MR) is 117 cm³/mol. The summed E-state index contributed by atoms with van der Waals surface area (Å²) in [6.07, 6.45) is 2.97. The molecule has 1 N–H and O–H groups in total. The van der Waals surface area contributed by atoms with E-state index in [1.165, 1.54) is 0 Å². The van der Waals surface area contributed by atoms with Crippen LogP contribution < -0.4 is 4.74 Å². The molecule has 5 rings (SSSR count). The lowest BCUT2D eigenvalue weighted by atomic mass is 9.73. The van der Waals surface area contributed by atoms with Crippen molar-refractivity contribution in [2.75, 3.05) is 26.8 Å². The summed E-state index contributed by atoms with van der Waals surface area (Å²) in [5.41, 5.74) is 3.25. The van der Waals surface area contributed by atoms with Crippen molar-refractivity contribution >= 4 is 11.8 Å². The molecule has 2 aromatic carbocycles. The highest BCUT2D eigenvalue weighted by atomic mass is 16.5. The van der Waals surface area contributed by atoms with Crippen molar-refractivity contribution in [3.8, 4) is 16.9 Å². The van der Waals surface area contributed by atoms with Crippen molar-refractivity contribution in [2.24, 2.45) is 5.92 Å². The number of nitrogens with zero attached hydrogens (tertiary/aromatic N) is 2. The maximum Gasteiger partial charge on any atom is 0.242 e. The molecule has 3 atom stereocenters. The highest BCUT2D eigenvalue weighted by Gasteiger charge is 2.54. The van der Waals surface area contributed by atoms with Gasteiger partial charge in [-0.3, -0.25) is 9.59 Å². The van der Waals surface area contributed by atoms with Crippen LogP contribution in [0.15, 0.2) is 48.5 Å². The SMILES string of the molecule is COc1cccc(-c2ccc([C@@H]3[C@H](CO)N4C(=O)CN(C(=O)C5CCC5)C[C@@H]34)cc2)c1. The normalized spacial score (nSPS) is 25.5. The number of fused-ring (bicyclic) bond motifs is 1. The Balaban J connectivity index is 1.37. The number of ether oxygens (including phenoxy) is 1. The third-order valence-corrected chi connectivity index (χ3v) is 7.22. The van der Waals surface area contributed by atoms with E-state index in [9.17, 15) is 14.7 Å². The Bertz CT molecular complexity index is 985. The second-order valence-electron chi connectivity index (χ2n) is 8.84. The van der Waals surface area contributed by atoms with Crippen LogP contribution in [0.4, 0.5) is 0 Å². The zero-order valence-corrected chi connectivity index (χ0v) is 17.7. The summed E-state index contributed by atoms with van der Waals surface area (Å²) in [5.74, 6) is 1.01. The third kappa shape index (κ3) is 3.39. The van der Waals surface area contributed by atoms with Gasteiger partial charge >= 0.3 is 0 Å². The van der Waals surface area contributed by atoms with E-state index < -0.39 is 0 Å². The Hall–Kier alpha value is -2.86. The molecular formula is C25H28N2O4. The Kier molecular flexibility index (Phi) is 5.18. The van der Waals surface area contributed by atoms with Gasteiger partial charge in [0.05, 0.1) is 32.3 Å². The van der Waals surface area contributed by atoms with E-state index in [0.717, 1.165) is 41.7 Å². The zero-order chi connectivity index (χ0) is 21.5. The van der Waals surface area contributed by atoms with Gasteiger partial charge in [-0.15, -0.1) is 0 Å². The summed E-state index contributed by atoms with van der Waals surface area (Å²) in [5, 5.41) is 9.99. The fourth-order valence-corrected chi connectivity index (χ4v) is 5.28. The summed E-state index contributed by atoms with van der Waals surface area (Å²) >= 11 is 0. The van der Waals surface area contributed by atoms with Crippen LogP contribution in [0, 0.1) is 5.92 Å². The largest absolute Gasteiger partial charge is 0.497 e. The highest BCUT2D eigenvalue weighted by Crippen LogP contribution is 2.44. The van der Waals surface area contributed by atoms with Gasteiger partial charge in [-0.25, -0.2) is 0 Å². The van der Waals surface area contributed by atoms with Crippen molar-refractivity contribution in [1.82, 2.24) is 9.80 Å². The maximum atomic E-state index is 12.8. The quantitative estimate of drug-likeness (QED) is 0.808. The van der Waals surface area contributed by atoms with Crippen LogP contribution in [-0.2, 0) is 9.59 Å². The summed E-state index contributed by atoms with van der Waals surface area (Å²) in [7, 11) is 1.66. The molecule has 2 amide bonds. The van der Waals surface area contributed by atoms with Gasteiger partial charge < -0.3 is 19.6 Å². The summed E-state index contributed by atoms with van der Waals surface area (Å²) in [6.45, 7) is 0.630. The van der Waals surface area contributed by atoms with Gasteiger partial charge in [0.25, 0.3) is 0 Å². The summed E-state index contributed by atoms with van der Waals surface area (Å²) < 4.78 is 5.32. The number of carbonyl (C=O) groups is 2. The molecule has 6 heteroatoms. The van der Waals surface area contributed by atoms with Gasteiger partial charge in [0.2, 0.25) is 11.8 Å². The van der Waals surface area contributed by atoms with Crippen molar-refractivity contribution in [1.29, 1.82) is 0 Å². The Morgan fingerprint density at radius 3 is 2.55 bits per heavy atom. The first-order valence-electron chi connectivity index (χ1n) is 11.1. The second-order valence-corrected chi connectivity index (χ2v) is 8.84. The fourth-order valence-electron chi connectivity index (χ4n) is 5.28. The minimum atomic E-state index is -0.221. The van der Waals surface area contributed by atoms with Crippen LogP contribution >= 0.6 is 0 Å². The molecule has 6 nitrogen and oxygen atoms in total. The second kappa shape index (κ2) is 8.00. The Morgan fingerprint density at radius 1 is 1.13 bits per heavy atom. The van der Waals surface area contributed by atoms with E-state index in [2.05, 4.69) is 24.3 Å². The molecule has 3 fully saturated rings. The number of hydrogen-bond acceptors (Lipinski definition) is 4. The molecule has 2 heterocycles. The smallest absolute Gasteiger partial charge is 0.242 e. The molecule has 3 aliphatic rings. The van der Waals surface area contributed by atoms with Crippen molar-refractivity contribution in [3.05, 3.63) is 54.1 Å². The third-order valence-electron chi connectivity index (χ3n) is 7.22. The van der Waals surface area contributed by atoms with Crippen molar-refractivity contribution in [2.45, 2.75) is 37.3 Å². The average Bonchev–Trinajstić information content (AvgIpc) is 2.74. The lowest BCUT2D eigenvalue weighted by molar-refractivity contribution is -0.169. The number of hydrogen-bond donors (Lipinski definition) is 1. The molecule has 0 spiro atoms. The molecule has 0 aromatic heterocycles. The highest BCUT2D eigenvalue weighted by molar-refractivity contribution is 5.89. The molecule has 1 saturated carbocycles. The lowest BCUT2D eigenvalue weighted by Crippen LogP contribution is -2.73. The van der Waals surface area contributed by atoms with Crippen molar-refractivity contribution in [3.63, 3.8) is 0 Å². The number of carbonyl (C=O) groups excluding carboxylic acids is 2. The van der Waals surface area contributed by atoms with Crippen molar-refractivity contribution < 1.29 is 19.4 Å². The molecule has 162 valence electrons. The summed E-state index contributed by atoms with van der Waals surface area (Å²) in [4.78, 5) is 29.0. The number of piperazine rings is 1. The molecule has 2 saturated heterocycles. The standard InChI is InChI=1S/C25H28N2O4/c1-31-20-7-3-6-19(12-20)16-8-10-17(11-9-16)24-21-13-26(25(30)18-4-2-5-18)14-23(29)27(21)22(24)15-28/h3,6-12,18,21-22,24,28H,2,4-5,13-15H2,1H3/t21-,22-,24-/m0/s1. The number of rotatable bonds is 5. The van der Waals surface area contributed by atoms with E-state index in [0.29, 0.717) is 6.54 Å². The number of amides is 2. The lowest BCUT2D eigenvalue weighted by Gasteiger charge is -2.59. The number of aliphatic hydroxyl groups excluding tert-OH is 1. The molecule has 2 aromatic rings. The molecule has 0 bridgehead atoms. The number of benzene rings is 2. The minimum absolute atomic E-state index is 0.0327. The van der Waals surface area contributed by atoms with Crippen LogP contribution in [0.2, 0.25) is 0 Å². The average molecular weight is 421 g/mol. The first-order valence-corrected chi connectivity index (χ1v) is 11.1. The van der Waals surface area contributed by atoms with E-state index in [1.807, 2.05) is 24.3 Å². The van der Waals surface area contributed by atoms with E-state index in [-0.39, 0.29) is 48.9 Å².